The van der Waals surface area contributed by atoms with Crippen molar-refractivity contribution in [2.45, 2.75) is 88.1 Å². The summed E-state index contributed by atoms with van der Waals surface area (Å²) in [4.78, 5) is 12.6. The molecule has 0 aromatic heterocycles. The van der Waals surface area contributed by atoms with Crippen molar-refractivity contribution in [1.29, 1.82) is 0 Å². The van der Waals surface area contributed by atoms with Gasteiger partial charge in [-0.2, -0.15) is 0 Å². The number of ether oxygens (including phenoxy) is 3. The van der Waals surface area contributed by atoms with Crippen LogP contribution in [0.25, 0.3) is 0 Å². The first-order valence-corrected chi connectivity index (χ1v) is 10.7. The Morgan fingerprint density at radius 1 is 0.923 bits per heavy atom. The van der Waals surface area contributed by atoms with E-state index in [1.807, 2.05) is 0 Å². The van der Waals surface area contributed by atoms with Gasteiger partial charge in [0.1, 0.15) is 11.7 Å². The largest absolute Gasteiger partial charge is 0.462 e. The summed E-state index contributed by atoms with van der Waals surface area (Å²) in [7, 11) is 0. The molecule has 0 aromatic carbocycles. The predicted octanol–water partition coefficient (Wildman–Crippen LogP) is 3.18. The molecule has 0 atom stereocenters. The number of esters is 1. The second kappa shape index (κ2) is 6.46. The number of rotatable bonds is 3. The Labute approximate surface area is 155 Å². The molecule has 6 fully saturated rings. The minimum Gasteiger partial charge on any atom is -0.462 e. The van der Waals surface area contributed by atoms with Gasteiger partial charge in [0.2, 0.25) is 0 Å². The summed E-state index contributed by atoms with van der Waals surface area (Å²) in [6, 6.07) is 0. The van der Waals surface area contributed by atoms with Crippen molar-refractivity contribution >= 4 is 5.97 Å². The molecular formula is C21H32O5. The van der Waals surface area contributed by atoms with Gasteiger partial charge in [-0.1, -0.05) is 6.42 Å². The van der Waals surface area contributed by atoms with E-state index in [0.717, 1.165) is 37.5 Å². The standard InChI is InChI=1S/C21H32O5/c22-18(26-19-16-7-14-6-15(9-16)10-17(19)8-14)11-20(23)12-24-21(25-13-20)4-2-1-3-5-21/h14-17,19,23H,1-13H2. The molecule has 0 aromatic rings. The molecular weight excluding hydrogens is 332 g/mol. The highest BCUT2D eigenvalue weighted by Crippen LogP contribution is 2.54. The highest BCUT2D eigenvalue weighted by molar-refractivity contribution is 5.71. The van der Waals surface area contributed by atoms with Crippen LogP contribution in [-0.2, 0) is 19.0 Å². The lowest BCUT2D eigenvalue weighted by molar-refractivity contribution is -0.328. The van der Waals surface area contributed by atoms with Crippen LogP contribution in [0.5, 0.6) is 0 Å². The van der Waals surface area contributed by atoms with Gasteiger partial charge in [0.25, 0.3) is 0 Å². The van der Waals surface area contributed by atoms with Crippen LogP contribution in [0.2, 0.25) is 0 Å². The summed E-state index contributed by atoms with van der Waals surface area (Å²) in [5.41, 5.74) is -1.24. The fraction of sp³-hybridized carbons (Fsp3) is 0.952. The molecule has 1 aliphatic heterocycles. The van der Waals surface area contributed by atoms with Crippen molar-refractivity contribution in [3.63, 3.8) is 0 Å². The second-order valence-corrected chi connectivity index (χ2v) is 9.84. The van der Waals surface area contributed by atoms with Crippen LogP contribution in [0.1, 0.15) is 70.6 Å². The molecule has 1 N–H and O–H groups in total. The van der Waals surface area contributed by atoms with E-state index in [4.69, 9.17) is 14.2 Å². The third kappa shape index (κ3) is 3.20. The number of hydrogen-bond donors (Lipinski definition) is 1. The first kappa shape index (κ1) is 17.4. The van der Waals surface area contributed by atoms with E-state index in [1.54, 1.807) is 0 Å². The van der Waals surface area contributed by atoms with Crippen LogP contribution in [0.15, 0.2) is 0 Å². The fourth-order valence-corrected chi connectivity index (χ4v) is 6.63. The Kier molecular flexibility index (Phi) is 4.33. The number of carbonyl (C=O) groups excluding carboxylic acids is 1. The normalized spacial score (nSPS) is 42.7. The molecule has 5 heteroatoms. The van der Waals surface area contributed by atoms with E-state index < -0.39 is 11.4 Å². The van der Waals surface area contributed by atoms with E-state index in [1.165, 1.54) is 38.5 Å². The maximum atomic E-state index is 12.6. The van der Waals surface area contributed by atoms with Crippen molar-refractivity contribution in [3.05, 3.63) is 0 Å². The van der Waals surface area contributed by atoms with Gasteiger partial charge in [-0.15, -0.1) is 0 Å². The van der Waals surface area contributed by atoms with Crippen molar-refractivity contribution < 1.29 is 24.1 Å². The predicted molar refractivity (Wildman–Crippen MR) is 94.2 cm³/mol. The molecule has 0 amide bonds. The molecule has 1 heterocycles. The van der Waals surface area contributed by atoms with Gasteiger partial charge in [0, 0.05) is 12.8 Å². The smallest absolute Gasteiger partial charge is 0.309 e. The SMILES string of the molecule is O=C(CC1(O)COC2(CCCCC2)OC1)OC1C2CC3CC(C2)CC1C3. The van der Waals surface area contributed by atoms with Crippen molar-refractivity contribution in [1.82, 2.24) is 0 Å². The number of hydrogen-bond acceptors (Lipinski definition) is 5. The minimum absolute atomic E-state index is 0.0219. The summed E-state index contributed by atoms with van der Waals surface area (Å²) < 4.78 is 17.8. The summed E-state index contributed by atoms with van der Waals surface area (Å²) >= 11 is 0. The molecule has 26 heavy (non-hydrogen) atoms. The Bertz CT molecular complexity index is 515. The maximum Gasteiger partial charge on any atom is 0.309 e. The zero-order chi connectivity index (χ0) is 17.8. The van der Waals surface area contributed by atoms with Gasteiger partial charge in [0.15, 0.2) is 5.79 Å². The minimum atomic E-state index is -1.24. The molecule has 5 aliphatic carbocycles. The Morgan fingerprint density at radius 3 is 2.08 bits per heavy atom. The van der Waals surface area contributed by atoms with Gasteiger partial charge in [-0.3, -0.25) is 4.79 Å². The quantitative estimate of drug-likeness (QED) is 0.779. The molecule has 5 nitrogen and oxygen atoms in total. The van der Waals surface area contributed by atoms with Gasteiger partial charge in [-0.05, 0) is 68.6 Å². The molecule has 1 saturated heterocycles. The van der Waals surface area contributed by atoms with E-state index in [2.05, 4.69) is 0 Å². The van der Waals surface area contributed by atoms with Gasteiger partial charge in [-0.25, -0.2) is 0 Å². The lowest BCUT2D eigenvalue weighted by Crippen LogP contribution is -2.55. The molecule has 6 rings (SSSR count). The van der Waals surface area contributed by atoms with Crippen LogP contribution < -0.4 is 0 Å². The third-order valence-electron chi connectivity index (χ3n) is 7.70. The van der Waals surface area contributed by atoms with Crippen molar-refractivity contribution in [3.8, 4) is 0 Å². The number of aliphatic hydroxyl groups is 1. The summed E-state index contributed by atoms with van der Waals surface area (Å²) in [5.74, 6) is 2.03. The summed E-state index contributed by atoms with van der Waals surface area (Å²) in [5, 5.41) is 10.8. The highest BCUT2D eigenvalue weighted by Gasteiger charge is 2.51. The average Bonchev–Trinajstić information content (AvgIpc) is 2.61. The Morgan fingerprint density at radius 2 is 1.50 bits per heavy atom. The fourth-order valence-electron chi connectivity index (χ4n) is 6.63. The Hall–Kier alpha value is -0.650. The first-order valence-electron chi connectivity index (χ1n) is 10.7. The van der Waals surface area contributed by atoms with Crippen LogP contribution in [0, 0.1) is 23.7 Å². The summed E-state index contributed by atoms with van der Waals surface area (Å²) in [6.07, 6.45) is 11.6. The topological polar surface area (TPSA) is 65.0 Å². The van der Waals surface area contributed by atoms with Gasteiger partial charge in [0.05, 0.1) is 19.6 Å². The zero-order valence-corrected chi connectivity index (χ0v) is 15.7. The first-order chi connectivity index (χ1) is 12.5. The monoisotopic (exact) mass is 364 g/mol. The zero-order valence-electron chi connectivity index (χ0n) is 15.7. The van der Waals surface area contributed by atoms with Gasteiger partial charge < -0.3 is 19.3 Å². The molecule has 0 unspecified atom stereocenters. The van der Waals surface area contributed by atoms with E-state index in [-0.39, 0.29) is 31.7 Å². The highest BCUT2D eigenvalue weighted by atomic mass is 16.7. The molecule has 5 saturated carbocycles. The molecule has 0 radical (unpaired) electrons. The maximum absolute atomic E-state index is 12.6. The van der Waals surface area contributed by atoms with Crippen LogP contribution in [-0.4, -0.2) is 41.8 Å². The van der Waals surface area contributed by atoms with E-state index in [0.29, 0.717) is 11.8 Å². The van der Waals surface area contributed by atoms with Crippen LogP contribution in [0.3, 0.4) is 0 Å². The van der Waals surface area contributed by atoms with Crippen LogP contribution >= 0.6 is 0 Å². The van der Waals surface area contributed by atoms with Crippen molar-refractivity contribution in [2.24, 2.45) is 23.7 Å². The lowest BCUT2D eigenvalue weighted by atomic mass is 9.55. The molecule has 1 spiro atoms. The van der Waals surface area contributed by atoms with E-state index >= 15 is 0 Å². The van der Waals surface area contributed by atoms with Crippen molar-refractivity contribution in [2.75, 3.05) is 13.2 Å². The average molecular weight is 364 g/mol. The van der Waals surface area contributed by atoms with Crippen LogP contribution in [0.4, 0.5) is 0 Å². The lowest BCUT2D eigenvalue weighted by Gasteiger charge is -2.53. The van der Waals surface area contributed by atoms with E-state index in [9.17, 15) is 9.90 Å². The number of carbonyl (C=O) groups is 1. The van der Waals surface area contributed by atoms with Gasteiger partial charge >= 0.3 is 5.97 Å². The summed E-state index contributed by atoms with van der Waals surface area (Å²) in [6.45, 7) is 0.341. The Balaban J connectivity index is 1.16. The second-order valence-electron chi connectivity index (χ2n) is 9.84. The molecule has 146 valence electrons. The molecule has 4 bridgehead atoms. The molecule has 6 aliphatic rings. The third-order valence-corrected chi connectivity index (χ3v) is 7.70.